The molecule has 1 aromatic carbocycles. The Bertz CT molecular complexity index is 590. The lowest BCUT2D eigenvalue weighted by Crippen LogP contribution is -2.12. The van der Waals surface area contributed by atoms with Crippen LogP contribution in [0.15, 0.2) is 36.5 Å². The number of hydrogen-bond donors (Lipinski definition) is 1. The molecule has 5 heteroatoms. The van der Waals surface area contributed by atoms with Gasteiger partial charge in [0.05, 0.1) is 7.11 Å². The molecule has 0 amide bonds. The number of ether oxygens (including phenoxy) is 2. The van der Waals surface area contributed by atoms with E-state index >= 15 is 0 Å². The van der Waals surface area contributed by atoms with Crippen molar-refractivity contribution in [2.75, 3.05) is 12.8 Å². The van der Waals surface area contributed by atoms with E-state index in [2.05, 4.69) is 0 Å². The van der Waals surface area contributed by atoms with Crippen LogP contribution in [0.4, 0.5) is 5.82 Å². The summed E-state index contributed by atoms with van der Waals surface area (Å²) in [6, 6.07) is 8.62. The molecule has 0 aliphatic carbocycles. The van der Waals surface area contributed by atoms with Crippen LogP contribution in [0.2, 0.25) is 0 Å². The summed E-state index contributed by atoms with van der Waals surface area (Å²) in [4.78, 5) is 12.1. The number of hydrogen-bond acceptors (Lipinski definition) is 4. The van der Waals surface area contributed by atoms with E-state index in [1.165, 1.54) is 7.11 Å². The minimum atomic E-state index is -0.491. The summed E-state index contributed by atoms with van der Waals surface area (Å²) in [7, 11) is 1.52. The molecule has 1 heterocycles. The van der Waals surface area contributed by atoms with Crippen LogP contribution < -0.4 is 15.2 Å². The highest BCUT2D eigenvalue weighted by molar-refractivity contribution is 5.96. The Morgan fingerprint density at radius 1 is 1.26 bits per heavy atom. The van der Waals surface area contributed by atoms with Crippen molar-refractivity contribution in [3.63, 3.8) is 0 Å². The van der Waals surface area contributed by atoms with E-state index in [9.17, 15) is 4.79 Å². The molecule has 0 fully saturated rings. The zero-order valence-electron chi connectivity index (χ0n) is 10.9. The molecule has 0 atom stereocenters. The number of carbonyl (C=O) groups is 1. The van der Waals surface area contributed by atoms with Gasteiger partial charge in [-0.1, -0.05) is 12.1 Å². The van der Waals surface area contributed by atoms with Crippen molar-refractivity contribution in [1.29, 1.82) is 0 Å². The highest BCUT2D eigenvalue weighted by Gasteiger charge is 2.17. The molecule has 0 saturated heterocycles. The fraction of sp³-hybridized carbons (Fsp3) is 0.214. The lowest BCUT2D eigenvalue weighted by molar-refractivity contribution is 0.0731. The smallest absolute Gasteiger partial charge is 0.347 e. The first-order valence-electron chi connectivity index (χ1n) is 5.97. The molecule has 0 spiro atoms. The van der Waals surface area contributed by atoms with E-state index in [1.807, 2.05) is 6.92 Å². The second-order valence-electron chi connectivity index (χ2n) is 3.94. The quantitative estimate of drug-likeness (QED) is 0.676. The third-order valence-electron chi connectivity index (χ3n) is 2.84. The molecule has 19 heavy (non-hydrogen) atoms. The van der Waals surface area contributed by atoms with Gasteiger partial charge in [0, 0.05) is 12.7 Å². The van der Waals surface area contributed by atoms with Crippen molar-refractivity contribution in [2.24, 2.45) is 0 Å². The van der Waals surface area contributed by atoms with Gasteiger partial charge in [-0.15, -0.1) is 0 Å². The van der Waals surface area contributed by atoms with Crippen molar-refractivity contribution >= 4 is 11.8 Å². The van der Waals surface area contributed by atoms with Gasteiger partial charge in [0.25, 0.3) is 0 Å². The minimum Gasteiger partial charge on any atom is -0.493 e. The zero-order valence-corrected chi connectivity index (χ0v) is 10.9. The number of benzene rings is 1. The van der Waals surface area contributed by atoms with E-state index in [4.69, 9.17) is 15.2 Å². The van der Waals surface area contributed by atoms with Crippen molar-refractivity contribution < 1.29 is 14.3 Å². The Balaban J connectivity index is 2.23. The van der Waals surface area contributed by atoms with Crippen LogP contribution >= 0.6 is 0 Å². The molecular weight excluding hydrogens is 244 g/mol. The first kappa shape index (κ1) is 13.0. The Kier molecular flexibility index (Phi) is 3.75. The first-order chi connectivity index (χ1) is 9.17. The number of methoxy groups -OCH3 is 1. The summed E-state index contributed by atoms with van der Waals surface area (Å²) in [5.41, 5.74) is 6.22. The van der Waals surface area contributed by atoms with Crippen LogP contribution in [-0.2, 0) is 6.54 Å². The molecule has 0 unspecified atom stereocenters. The monoisotopic (exact) mass is 260 g/mol. The third-order valence-corrected chi connectivity index (χ3v) is 2.84. The van der Waals surface area contributed by atoms with Gasteiger partial charge < -0.3 is 19.8 Å². The zero-order chi connectivity index (χ0) is 13.8. The topological polar surface area (TPSA) is 66.5 Å². The number of nitrogen functional groups attached to an aromatic ring is 1. The number of nitrogens with zero attached hydrogens (tertiary/aromatic N) is 1. The van der Waals surface area contributed by atoms with E-state index in [0.29, 0.717) is 29.4 Å². The van der Waals surface area contributed by atoms with Crippen molar-refractivity contribution in [2.45, 2.75) is 13.5 Å². The minimum absolute atomic E-state index is 0.354. The van der Waals surface area contributed by atoms with Crippen molar-refractivity contribution in [3.05, 3.63) is 42.1 Å². The molecular formula is C14H16N2O3. The Hall–Kier alpha value is -2.43. The van der Waals surface area contributed by atoms with Crippen LogP contribution in [0, 0.1) is 0 Å². The SMILES string of the molecule is CCn1ccc(C(=O)Oc2ccccc2OC)c1N. The van der Waals surface area contributed by atoms with Crippen LogP contribution in [0.1, 0.15) is 17.3 Å². The Labute approximate surface area is 111 Å². The highest BCUT2D eigenvalue weighted by Crippen LogP contribution is 2.27. The van der Waals surface area contributed by atoms with Gasteiger partial charge >= 0.3 is 5.97 Å². The highest BCUT2D eigenvalue weighted by atomic mass is 16.6. The van der Waals surface area contributed by atoms with Crippen LogP contribution in [0.5, 0.6) is 11.5 Å². The molecule has 0 radical (unpaired) electrons. The number of aryl methyl sites for hydroxylation is 1. The first-order valence-corrected chi connectivity index (χ1v) is 5.97. The Morgan fingerprint density at radius 2 is 1.95 bits per heavy atom. The molecule has 0 aliphatic rings. The van der Waals surface area contributed by atoms with Crippen molar-refractivity contribution in [3.8, 4) is 11.5 Å². The summed E-state index contributed by atoms with van der Waals surface area (Å²) in [5, 5.41) is 0. The molecule has 0 aliphatic heterocycles. The van der Waals surface area contributed by atoms with Gasteiger partial charge in [0.15, 0.2) is 11.5 Å². The van der Waals surface area contributed by atoms with Crippen molar-refractivity contribution in [1.82, 2.24) is 4.57 Å². The summed E-state index contributed by atoms with van der Waals surface area (Å²) >= 11 is 0. The Morgan fingerprint density at radius 3 is 2.53 bits per heavy atom. The fourth-order valence-corrected chi connectivity index (χ4v) is 1.79. The van der Waals surface area contributed by atoms with Gasteiger partial charge in [0.1, 0.15) is 11.4 Å². The normalized spacial score (nSPS) is 10.2. The van der Waals surface area contributed by atoms with Gasteiger partial charge in [-0.3, -0.25) is 0 Å². The van der Waals surface area contributed by atoms with Crippen LogP contribution in [0.3, 0.4) is 0 Å². The van der Waals surface area contributed by atoms with E-state index in [1.54, 1.807) is 41.1 Å². The number of aromatic nitrogens is 1. The maximum Gasteiger partial charge on any atom is 0.347 e. The molecule has 0 bridgehead atoms. The van der Waals surface area contributed by atoms with Gasteiger partial charge in [0.2, 0.25) is 0 Å². The fourth-order valence-electron chi connectivity index (χ4n) is 1.79. The second kappa shape index (κ2) is 5.48. The average molecular weight is 260 g/mol. The number of anilines is 1. The van der Waals surface area contributed by atoms with E-state index in [-0.39, 0.29) is 0 Å². The molecule has 1 aromatic heterocycles. The summed E-state index contributed by atoms with van der Waals surface area (Å²) in [5.74, 6) is 0.791. The number of carbonyl (C=O) groups excluding carboxylic acids is 1. The second-order valence-corrected chi connectivity index (χ2v) is 3.94. The van der Waals surface area contributed by atoms with E-state index in [0.717, 1.165) is 0 Å². The molecule has 2 aromatic rings. The standard InChI is InChI=1S/C14H16N2O3/c1-3-16-9-8-10(13(16)15)14(17)19-12-7-5-4-6-11(12)18-2/h4-9H,3,15H2,1-2H3. The predicted molar refractivity (Wildman–Crippen MR) is 72.5 cm³/mol. The lowest BCUT2D eigenvalue weighted by atomic mass is 10.3. The van der Waals surface area contributed by atoms with Crippen LogP contribution in [0.25, 0.3) is 0 Å². The number of rotatable bonds is 4. The van der Waals surface area contributed by atoms with E-state index < -0.39 is 5.97 Å². The molecule has 2 N–H and O–H groups in total. The molecule has 100 valence electrons. The average Bonchev–Trinajstić information content (AvgIpc) is 2.80. The van der Waals surface area contributed by atoms with Crippen LogP contribution in [-0.4, -0.2) is 17.6 Å². The maximum atomic E-state index is 12.1. The molecule has 2 rings (SSSR count). The lowest BCUT2D eigenvalue weighted by Gasteiger charge is -2.08. The molecule has 5 nitrogen and oxygen atoms in total. The predicted octanol–water partition coefficient (Wildman–Crippen LogP) is 2.32. The maximum absolute atomic E-state index is 12.1. The number of esters is 1. The van der Waals surface area contributed by atoms with Gasteiger partial charge in [-0.05, 0) is 25.1 Å². The third kappa shape index (κ3) is 2.54. The summed E-state index contributed by atoms with van der Waals surface area (Å²) in [6.07, 6.45) is 1.76. The number of para-hydroxylation sites is 2. The summed E-state index contributed by atoms with van der Waals surface area (Å²) < 4.78 is 12.2. The largest absolute Gasteiger partial charge is 0.493 e. The molecule has 0 saturated carbocycles. The van der Waals surface area contributed by atoms with Gasteiger partial charge in [-0.2, -0.15) is 0 Å². The summed E-state index contributed by atoms with van der Waals surface area (Å²) in [6.45, 7) is 2.65. The number of nitrogens with two attached hydrogens (primary N) is 1. The van der Waals surface area contributed by atoms with Gasteiger partial charge in [-0.25, -0.2) is 4.79 Å².